The van der Waals surface area contributed by atoms with E-state index in [0.29, 0.717) is 22.5 Å². The van der Waals surface area contributed by atoms with E-state index in [4.69, 9.17) is 4.74 Å². The molecule has 0 atom stereocenters. The predicted octanol–water partition coefficient (Wildman–Crippen LogP) is 1.97. The zero-order chi connectivity index (χ0) is 16.6. The van der Waals surface area contributed by atoms with E-state index in [2.05, 4.69) is 14.7 Å². The number of ether oxygens (including phenoxy) is 1. The number of sulfonamides is 1. The largest absolute Gasteiger partial charge is 0.495 e. The van der Waals surface area contributed by atoms with Gasteiger partial charge in [-0.05, 0) is 42.8 Å². The maximum Gasteiger partial charge on any atom is 0.323 e. The van der Waals surface area contributed by atoms with Crippen LogP contribution in [0.5, 0.6) is 5.75 Å². The van der Waals surface area contributed by atoms with Crippen molar-refractivity contribution in [3.63, 3.8) is 0 Å². The first-order chi connectivity index (χ1) is 10.9. The fraction of sp³-hybridized carbons (Fsp3) is 0.133. The Morgan fingerprint density at radius 2 is 1.78 bits per heavy atom. The summed E-state index contributed by atoms with van der Waals surface area (Å²) in [6.45, 7) is 1.85. The van der Waals surface area contributed by atoms with Crippen LogP contribution in [0.15, 0.2) is 46.1 Å². The van der Waals surface area contributed by atoms with Crippen LogP contribution < -0.4 is 15.1 Å². The highest BCUT2D eigenvalue weighted by Gasteiger charge is 2.17. The highest BCUT2D eigenvalue weighted by molar-refractivity contribution is 7.92. The number of hydrogen-bond acceptors (Lipinski definition) is 4. The fourth-order valence-corrected chi connectivity index (χ4v) is 3.37. The van der Waals surface area contributed by atoms with Crippen molar-refractivity contribution in [1.82, 2.24) is 9.97 Å². The molecule has 0 fully saturated rings. The Morgan fingerprint density at radius 1 is 1.04 bits per heavy atom. The number of fused-ring (bicyclic) bond motifs is 1. The molecule has 0 aliphatic heterocycles. The van der Waals surface area contributed by atoms with Crippen LogP contribution >= 0.6 is 0 Å². The van der Waals surface area contributed by atoms with E-state index < -0.39 is 10.0 Å². The van der Waals surface area contributed by atoms with E-state index in [9.17, 15) is 13.2 Å². The van der Waals surface area contributed by atoms with Crippen molar-refractivity contribution in [1.29, 1.82) is 0 Å². The maximum atomic E-state index is 12.6. The number of aromatic amines is 2. The van der Waals surface area contributed by atoms with Crippen LogP contribution in [0, 0.1) is 6.92 Å². The van der Waals surface area contributed by atoms with Crippen LogP contribution in [-0.2, 0) is 10.0 Å². The van der Waals surface area contributed by atoms with E-state index in [1.54, 1.807) is 12.1 Å². The lowest BCUT2D eigenvalue weighted by Gasteiger charge is -2.12. The molecule has 7 nitrogen and oxygen atoms in total. The molecule has 3 rings (SSSR count). The Kier molecular flexibility index (Phi) is 3.61. The minimum Gasteiger partial charge on any atom is -0.495 e. The molecular weight excluding hydrogens is 318 g/mol. The second-order valence-corrected chi connectivity index (χ2v) is 6.78. The molecule has 23 heavy (non-hydrogen) atoms. The standard InChI is InChI=1S/C15H15N3O4S/c1-9-3-6-14(22-2)13(7-9)18-23(20,21)10-4-5-11-12(8-10)17-15(19)16-11/h3-8,18H,1-2H3,(H2,16,17,19). The highest BCUT2D eigenvalue weighted by atomic mass is 32.2. The van der Waals surface area contributed by atoms with Gasteiger partial charge in [-0.25, -0.2) is 13.2 Å². The molecule has 1 heterocycles. The molecule has 3 aromatic rings. The zero-order valence-corrected chi connectivity index (χ0v) is 13.3. The second-order valence-electron chi connectivity index (χ2n) is 5.10. The van der Waals surface area contributed by atoms with Gasteiger partial charge in [0.2, 0.25) is 0 Å². The van der Waals surface area contributed by atoms with Gasteiger partial charge in [0.25, 0.3) is 10.0 Å². The summed E-state index contributed by atoms with van der Waals surface area (Å²) >= 11 is 0. The van der Waals surface area contributed by atoms with Gasteiger partial charge in [0, 0.05) is 0 Å². The van der Waals surface area contributed by atoms with Crippen molar-refractivity contribution in [2.75, 3.05) is 11.8 Å². The Balaban J connectivity index is 2.03. The van der Waals surface area contributed by atoms with Gasteiger partial charge in [-0.3, -0.25) is 4.72 Å². The zero-order valence-electron chi connectivity index (χ0n) is 12.5. The number of hydrogen-bond donors (Lipinski definition) is 3. The van der Waals surface area contributed by atoms with Gasteiger partial charge in [0.05, 0.1) is 28.7 Å². The van der Waals surface area contributed by atoms with E-state index >= 15 is 0 Å². The molecule has 2 aromatic carbocycles. The summed E-state index contributed by atoms with van der Waals surface area (Å²) in [5.41, 5.74) is 1.84. The van der Waals surface area contributed by atoms with Crippen molar-refractivity contribution in [3.05, 3.63) is 52.4 Å². The number of rotatable bonds is 4. The lowest BCUT2D eigenvalue weighted by molar-refractivity contribution is 0.417. The molecule has 0 bridgehead atoms. The summed E-state index contributed by atoms with van der Waals surface area (Å²) in [7, 11) is -2.34. The van der Waals surface area contributed by atoms with Crippen LogP contribution in [0.1, 0.15) is 5.56 Å². The molecule has 0 radical (unpaired) electrons. The van der Waals surface area contributed by atoms with Gasteiger partial charge in [-0.15, -0.1) is 0 Å². The molecule has 0 saturated heterocycles. The van der Waals surface area contributed by atoms with Crippen LogP contribution in [0.2, 0.25) is 0 Å². The summed E-state index contributed by atoms with van der Waals surface area (Å²) in [5.74, 6) is 0.426. The van der Waals surface area contributed by atoms with Gasteiger partial charge >= 0.3 is 5.69 Å². The molecule has 0 amide bonds. The van der Waals surface area contributed by atoms with Gasteiger partial charge in [-0.2, -0.15) is 0 Å². The van der Waals surface area contributed by atoms with Crippen molar-refractivity contribution in [2.24, 2.45) is 0 Å². The Bertz CT molecular complexity index is 1030. The van der Waals surface area contributed by atoms with Crippen LogP contribution in [0.25, 0.3) is 11.0 Å². The van der Waals surface area contributed by atoms with Gasteiger partial charge in [-0.1, -0.05) is 6.07 Å². The van der Waals surface area contributed by atoms with E-state index in [1.165, 1.54) is 25.3 Å². The Labute approximate surface area is 132 Å². The first-order valence-electron chi connectivity index (χ1n) is 6.78. The fourth-order valence-electron chi connectivity index (χ4n) is 2.28. The topological polar surface area (TPSA) is 104 Å². The summed E-state index contributed by atoms with van der Waals surface area (Å²) in [6, 6.07) is 9.57. The van der Waals surface area contributed by atoms with Crippen molar-refractivity contribution >= 4 is 26.7 Å². The first kappa shape index (κ1) is 15.2. The summed E-state index contributed by atoms with van der Waals surface area (Å²) in [5, 5.41) is 0. The molecule has 120 valence electrons. The SMILES string of the molecule is COc1ccc(C)cc1NS(=O)(=O)c1ccc2[nH]c(=O)[nH]c2c1. The number of aromatic nitrogens is 2. The quantitative estimate of drug-likeness (QED) is 0.679. The minimum absolute atomic E-state index is 0.0452. The minimum atomic E-state index is -3.81. The predicted molar refractivity (Wildman–Crippen MR) is 87.5 cm³/mol. The molecule has 3 N–H and O–H groups in total. The maximum absolute atomic E-state index is 12.6. The van der Waals surface area contributed by atoms with Crippen LogP contribution in [-0.4, -0.2) is 25.5 Å². The van der Waals surface area contributed by atoms with Crippen molar-refractivity contribution < 1.29 is 13.2 Å². The van der Waals surface area contributed by atoms with Gasteiger partial charge in [0.1, 0.15) is 5.75 Å². The summed E-state index contributed by atoms with van der Waals surface area (Å²) in [6.07, 6.45) is 0. The normalized spacial score (nSPS) is 11.6. The molecule has 0 spiro atoms. The Hall–Kier alpha value is -2.74. The van der Waals surface area contributed by atoms with E-state index in [0.717, 1.165) is 5.56 Å². The Morgan fingerprint density at radius 3 is 2.52 bits per heavy atom. The lowest BCUT2D eigenvalue weighted by atomic mass is 10.2. The number of aryl methyl sites for hydroxylation is 1. The number of anilines is 1. The van der Waals surface area contributed by atoms with Gasteiger partial charge in [0.15, 0.2) is 0 Å². The smallest absolute Gasteiger partial charge is 0.323 e. The molecule has 0 unspecified atom stereocenters. The lowest BCUT2D eigenvalue weighted by Crippen LogP contribution is -2.13. The number of H-pyrrole nitrogens is 2. The third-order valence-electron chi connectivity index (χ3n) is 3.40. The highest BCUT2D eigenvalue weighted by Crippen LogP contribution is 2.28. The molecule has 0 saturated carbocycles. The first-order valence-corrected chi connectivity index (χ1v) is 8.27. The van der Waals surface area contributed by atoms with Gasteiger partial charge < -0.3 is 14.7 Å². The molecule has 8 heteroatoms. The second kappa shape index (κ2) is 5.47. The van der Waals surface area contributed by atoms with Crippen LogP contribution in [0.3, 0.4) is 0 Å². The molecule has 0 aliphatic rings. The average Bonchev–Trinajstić information content (AvgIpc) is 2.86. The summed E-state index contributed by atoms with van der Waals surface area (Å²) < 4.78 is 32.8. The number of benzene rings is 2. The van der Waals surface area contributed by atoms with E-state index in [1.807, 2.05) is 13.0 Å². The third kappa shape index (κ3) is 2.93. The van der Waals surface area contributed by atoms with Crippen molar-refractivity contribution in [3.8, 4) is 5.75 Å². The average molecular weight is 333 g/mol. The summed E-state index contributed by atoms with van der Waals surface area (Å²) in [4.78, 5) is 16.4. The number of nitrogens with one attached hydrogen (secondary N) is 3. The molecular formula is C15H15N3O4S. The van der Waals surface area contributed by atoms with E-state index in [-0.39, 0.29) is 10.6 Å². The monoisotopic (exact) mass is 333 g/mol. The molecule has 1 aromatic heterocycles. The molecule has 0 aliphatic carbocycles. The third-order valence-corrected chi connectivity index (χ3v) is 4.76. The van der Waals surface area contributed by atoms with Crippen molar-refractivity contribution in [2.45, 2.75) is 11.8 Å². The number of methoxy groups -OCH3 is 1. The number of imidazole rings is 1. The van der Waals surface area contributed by atoms with Crippen LogP contribution in [0.4, 0.5) is 5.69 Å².